The van der Waals surface area contributed by atoms with Crippen molar-refractivity contribution in [3.63, 3.8) is 0 Å². The molecule has 28 heavy (non-hydrogen) atoms. The van der Waals surface area contributed by atoms with Crippen molar-refractivity contribution in [1.29, 1.82) is 0 Å². The van der Waals surface area contributed by atoms with Crippen LogP contribution in [0.1, 0.15) is 68.1 Å². The van der Waals surface area contributed by atoms with E-state index in [0.717, 1.165) is 49.9 Å². The van der Waals surface area contributed by atoms with Crippen molar-refractivity contribution >= 4 is 16.9 Å². The van der Waals surface area contributed by atoms with Crippen molar-refractivity contribution < 1.29 is 9.90 Å². The molecule has 1 aliphatic heterocycles. The number of carboxylic acids is 1. The van der Waals surface area contributed by atoms with Crippen LogP contribution in [0.15, 0.2) is 36.5 Å². The highest BCUT2D eigenvalue weighted by atomic mass is 16.4. The lowest BCUT2D eigenvalue weighted by atomic mass is 9.98. The van der Waals surface area contributed by atoms with Crippen LogP contribution in [-0.4, -0.2) is 20.6 Å². The fraction of sp³-hybridized carbons (Fsp3) is 0.417. The number of carboxylic acid groups (broad SMARTS) is 1. The lowest BCUT2D eigenvalue weighted by Gasteiger charge is -2.10. The molecule has 3 heterocycles. The summed E-state index contributed by atoms with van der Waals surface area (Å²) in [7, 11) is 0. The Hall–Kier alpha value is -2.62. The van der Waals surface area contributed by atoms with Gasteiger partial charge in [-0.1, -0.05) is 39.7 Å². The van der Waals surface area contributed by atoms with Gasteiger partial charge in [0, 0.05) is 34.9 Å². The molecule has 148 valence electrons. The van der Waals surface area contributed by atoms with E-state index in [9.17, 15) is 9.90 Å². The van der Waals surface area contributed by atoms with Crippen molar-refractivity contribution in [2.24, 2.45) is 0 Å². The number of hydrogen-bond donors (Lipinski definition) is 1. The molecule has 1 aliphatic rings. The van der Waals surface area contributed by atoms with E-state index in [1.807, 2.05) is 24.4 Å². The first-order chi connectivity index (χ1) is 13.6. The van der Waals surface area contributed by atoms with Gasteiger partial charge in [0.15, 0.2) is 0 Å². The van der Waals surface area contributed by atoms with Crippen LogP contribution < -0.4 is 0 Å². The third-order valence-electron chi connectivity index (χ3n) is 5.14. The largest absolute Gasteiger partial charge is 0.478 e. The van der Waals surface area contributed by atoms with Crippen LogP contribution in [0.2, 0.25) is 0 Å². The van der Waals surface area contributed by atoms with Crippen LogP contribution in [0.4, 0.5) is 0 Å². The van der Waals surface area contributed by atoms with Crippen LogP contribution >= 0.6 is 0 Å². The van der Waals surface area contributed by atoms with E-state index in [1.165, 1.54) is 28.6 Å². The quantitative estimate of drug-likeness (QED) is 0.596. The predicted molar refractivity (Wildman–Crippen MR) is 115 cm³/mol. The molecule has 0 radical (unpaired) electrons. The molecule has 1 aromatic carbocycles. The van der Waals surface area contributed by atoms with Gasteiger partial charge < -0.3 is 9.67 Å². The monoisotopic (exact) mass is 378 g/mol. The number of pyridine rings is 1. The van der Waals surface area contributed by atoms with Crippen LogP contribution in [0, 0.1) is 0 Å². The normalized spacial score (nSPS) is 12.5. The van der Waals surface area contributed by atoms with Crippen molar-refractivity contribution in [2.75, 3.05) is 0 Å². The second-order valence-corrected chi connectivity index (χ2v) is 7.43. The van der Waals surface area contributed by atoms with Gasteiger partial charge in [0.25, 0.3) is 0 Å². The van der Waals surface area contributed by atoms with Gasteiger partial charge in [-0.05, 0) is 55.5 Å². The molecule has 0 amide bonds. The average Bonchev–Trinajstić information content (AvgIpc) is 2.86. The van der Waals surface area contributed by atoms with Crippen molar-refractivity contribution in [3.05, 3.63) is 53.3 Å². The molecule has 0 saturated carbocycles. The van der Waals surface area contributed by atoms with Gasteiger partial charge in [0.05, 0.1) is 11.3 Å². The highest BCUT2D eigenvalue weighted by Crippen LogP contribution is 2.38. The highest BCUT2D eigenvalue weighted by molar-refractivity contribution is 5.98. The maximum atomic E-state index is 11.4. The Labute approximate surface area is 167 Å². The molecule has 4 rings (SSSR count). The second kappa shape index (κ2) is 9.05. The molecule has 2 aromatic heterocycles. The van der Waals surface area contributed by atoms with Gasteiger partial charge in [0.1, 0.15) is 0 Å². The summed E-state index contributed by atoms with van der Waals surface area (Å²) in [5.74, 6) is -0.872. The van der Waals surface area contributed by atoms with Gasteiger partial charge in [-0.15, -0.1) is 0 Å². The van der Waals surface area contributed by atoms with Crippen LogP contribution in [0.25, 0.3) is 22.2 Å². The van der Waals surface area contributed by atoms with E-state index in [-0.39, 0.29) is 0 Å². The summed E-state index contributed by atoms with van der Waals surface area (Å²) in [5.41, 5.74) is 6.33. The van der Waals surface area contributed by atoms with Gasteiger partial charge >= 0.3 is 5.97 Å². The van der Waals surface area contributed by atoms with Gasteiger partial charge in [-0.3, -0.25) is 4.98 Å². The molecular formula is C24H30N2O2. The van der Waals surface area contributed by atoms with Crippen LogP contribution in [-0.2, 0) is 19.4 Å². The zero-order chi connectivity index (χ0) is 20.1. The molecule has 1 N–H and O–H groups in total. The summed E-state index contributed by atoms with van der Waals surface area (Å²) in [4.78, 5) is 16.0. The number of carbonyl (C=O) groups is 1. The Bertz CT molecular complexity index is 972. The minimum Gasteiger partial charge on any atom is -0.478 e. The summed E-state index contributed by atoms with van der Waals surface area (Å²) < 4.78 is 2.32. The summed E-state index contributed by atoms with van der Waals surface area (Å²) >= 11 is 0. The minimum atomic E-state index is -0.872. The van der Waals surface area contributed by atoms with Gasteiger partial charge in [0.2, 0.25) is 0 Å². The summed E-state index contributed by atoms with van der Waals surface area (Å²) in [5, 5.41) is 10.6. The Morgan fingerprint density at radius 1 is 1.21 bits per heavy atom. The summed E-state index contributed by atoms with van der Waals surface area (Å²) in [6, 6.07) is 9.70. The van der Waals surface area contributed by atoms with E-state index in [2.05, 4.69) is 36.4 Å². The lowest BCUT2D eigenvalue weighted by Crippen LogP contribution is -2.00. The Balaban J connectivity index is 0.000000706. The average molecular weight is 379 g/mol. The number of aromatic carboxylic acids is 1. The smallest absolute Gasteiger partial charge is 0.335 e. The molecular weight excluding hydrogens is 348 g/mol. The first kappa shape index (κ1) is 20.1. The maximum Gasteiger partial charge on any atom is 0.335 e. The predicted octanol–water partition coefficient (Wildman–Crippen LogP) is 6.11. The molecule has 0 aliphatic carbocycles. The second-order valence-electron chi connectivity index (χ2n) is 7.43. The van der Waals surface area contributed by atoms with Crippen LogP contribution in [0.3, 0.4) is 0 Å². The molecule has 0 unspecified atom stereocenters. The molecule has 0 fully saturated rings. The zero-order valence-electron chi connectivity index (χ0n) is 17.2. The third-order valence-corrected chi connectivity index (χ3v) is 5.14. The molecule has 3 aromatic rings. The first-order valence-electron chi connectivity index (χ1n) is 10.4. The summed E-state index contributed by atoms with van der Waals surface area (Å²) in [6.45, 7) is 7.35. The van der Waals surface area contributed by atoms with E-state index in [0.29, 0.717) is 5.56 Å². The number of aromatic nitrogens is 2. The number of benzene rings is 1. The molecule has 0 bridgehead atoms. The molecule has 4 heteroatoms. The number of rotatable bonds is 4. The van der Waals surface area contributed by atoms with Gasteiger partial charge in [-0.2, -0.15) is 0 Å². The van der Waals surface area contributed by atoms with Crippen molar-refractivity contribution in [2.45, 2.75) is 65.8 Å². The maximum absolute atomic E-state index is 11.4. The lowest BCUT2D eigenvalue weighted by molar-refractivity contribution is 0.0697. The topological polar surface area (TPSA) is 55.1 Å². The Morgan fingerprint density at radius 3 is 2.71 bits per heavy atom. The third kappa shape index (κ3) is 3.82. The summed E-state index contributed by atoms with van der Waals surface area (Å²) in [6.07, 6.45) is 8.37. The Kier molecular flexibility index (Phi) is 6.50. The highest BCUT2D eigenvalue weighted by Gasteiger charge is 2.23. The zero-order valence-corrected chi connectivity index (χ0v) is 17.2. The standard InChI is InChI=1S/C21H22N2O2.C3H8/c1-2-3-6-16-15-10-9-14(21(24)25)13-19(15)23-12-5-8-18-17(20(16)23)7-4-11-22-18;1-3-2/h4,7,9-11,13H,2-3,5-6,8,12H2,1H3,(H,24,25);3H2,1-2H3. The van der Waals surface area contributed by atoms with E-state index >= 15 is 0 Å². The molecule has 0 saturated heterocycles. The van der Waals surface area contributed by atoms with Crippen LogP contribution in [0.5, 0.6) is 0 Å². The molecule has 0 spiro atoms. The minimum absolute atomic E-state index is 0.352. The number of nitrogens with zero attached hydrogens (tertiary/aromatic N) is 2. The molecule has 0 atom stereocenters. The number of hydrogen-bond acceptors (Lipinski definition) is 2. The number of fused-ring (bicyclic) bond motifs is 5. The first-order valence-corrected chi connectivity index (χ1v) is 10.4. The fourth-order valence-electron chi connectivity index (χ4n) is 3.96. The fourth-order valence-corrected chi connectivity index (χ4v) is 3.96. The van der Waals surface area contributed by atoms with Crippen molar-refractivity contribution in [1.82, 2.24) is 9.55 Å². The van der Waals surface area contributed by atoms with E-state index in [1.54, 1.807) is 6.07 Å². The van der Waals surface area contributed by atoms with E-state index in [4.69, 9.17) is 0 Å². The van der Waals surface area contributed by atoms with E-state index < -0.39 is 5.97 Å². The van der Waals surface area contributed by atoms with Crippen molar-refractivity contribution in [3.8, 4) is 11.3 Å². The Morgan fingerprint density at radius 2 is 2.00 bits per heavy atom. The number of aryl methyl sites for hydroxylation is 3. The number of unbranched alkanes of at least 4 members (excludes halogenated alkanes) is 1. The molecule has 4 nitrogen and oxygen atoms in total. The van der Waals surface area contributed by atoms with Gasteiger partial charge in [-0.25, -0.2) is 4.79 Å². The SMILES string of the molecule is CCC.CCCCc1c2n(c3cc(C(=O)O)ccc13)CCCc1ncccc1-2.